The van der Waals surface area contributed by atoms with Crippen LogP contribution in [0.15, 0.2) is 36.7 Å². The summed E-state index contributed by atoms with van der Waals surface area (Å²) in [6, 6.07) is 2.23. The number of rotatable bonds is 8. The van der Waals surface area contributed by atoms with Crippen LogP contribution in [0.3, 0.4) is 0 Å². The van der Waals surface area contributed by atoms with Crippen molar-refractivity contribution in [1.82, 2.24) is 15.2 Å². The lowest BCUT2D eigenvalue weighted by Gasteiger charge is -2.26. The molecule has 1 aliphatic carbocycles. The van der Waals surface area contributed by atoms with Gasteiger partial charge in [0.05, 0.1) is 18.4 Å². The second-order valence-electron chi connectivity index (χ2n) is 8.01. The maximum absolute atomic E-state index is 12.9. The van der Waals surface area contributed by atoms with Gasteiger partial charge in [0.2, 0.25) is 11.8 Å². The summed E-state index contributed by atoms with van der Waals surface area (Å²) in [7, 11) is 0. The van der Waals surface area contributed by atoms with Crippen molar-refractivity contribution in [3.05, 3.63) is 42.2 Å². The summed E-state index contributed by atoms with van der Waals surface area (Å²) in [5, 5.41) is 2.66. The maximum Gasteiger partial charge on any atom is 0.329 e. The predicted molar refractivity (Wildman–Crippen MR) is 108 cm³/mol. The molecule has 0 radical (unpaired) electrons. The molecular formula is C22H27N3O5. The lowest BCUT2D eigenvalue weighted by atomic mass is 9.85. The number of fused-ring (bicyclic) bond motifs is 1. The van der Waals surface area contributed by atoms with Gasteiger partial charge in [-0.25, -0.2) is 4.79 Å². The summed E-state index contributed by atoms with van der Waals surface area (Å²) in [4.78, 5) is 55.5. The van der Waals surface area contributed by atoms with Crippen molar-refractivity contribution < 1.29 is 23.9 Å². The third kappa shape index (κ3) is 4.75. The highest BCUT2D eigenvalue weighted by Crippen LogP contribution is 2.37. The highest BCUT2D eigenvalue weighted by molar-refractivity contribution is 6.08. The van der Waals surface area contributed by atoms with Gasteiger partial charge in [-0.3, -0.25) is 24.3 Å². The third-order valence-electron chi connectivity index (χ3n) is 5.39. The lowest BCUT2D eigenvalue weighted by Crippen LogP contribution is -2.47. The number of likely N-dealkylation sites (tertiary alicyclic amines) is 1. The fourth-order valence-corrected chi connectivity index (χ4v) is 3.90. The Hall–Kier alpha value is -3.03. The molecule has 2 aliphatic rings. The first-order valence-electron chi connectivity index (χ1n) is 10.3. The molecule has 160 valence electrons. The van der Waals surface area contributed by atoms with Crippen LogP contribution in [0.1, 0.15) is 43.5 Å². The number of amides is 3. The molecule has 0 unspecified atom stereocenters. The molecular weight excluding hydrogens is 386 g/mol. The summed E-state index contributed by atoms with van der Waals surface area (Å²) >= 11 is 0. The number of carbonyl (C=O) groups is 4. The minimum absolute atomic E-state index is 0.0467. The van der Waals surface area contributed by atoms with E-state index in [1.165, 1.54) is 12.4 Å². The Morgan fingerprint density at radius 3 is 2.30 bits per heavy atom. The lowest BCUT2D eigenvalue weighted by molar-refractivity contribution is -0.159. The standard InChI is InChI=1S/C22H27N3O5/c1-14(2)13-18(25-20(27)16-5-3-4-6-17(16)21(25)28)22(29)30-12-11-24-19(26)15-7-9-23-10-8-15/h3-4,7-10,14,16-18H,5-6,11-13H2,1-2H3,(H,24,26)/t16-,17+,18-/m1/s1. The zero-order chi connectivity index (χ0) is 21.7. The molecule has 1 fully saturated rings. The molecule has 1 aromatic rings. The number of carbonyl (C=O) groups excluding carboxylic acids is 4. The van der Waals surface area contributed by atoms with Gasteiger partial charge in [0.1, 0.15) is 12.6 Å². The quantitative estimate of drug-likeness (QED) is 0.301. The molecule has 1 N–H and O–H groups in total. The first-order valence-corrected chi connectivity index (χ1v) is 10.3. The van der Waals surface area contributed by atoms with Crippen LogP contribution in [0.2, 0.25) is 0 Å². The second-order valence-corrected chi connectivity index (χ2v) is 8.01. The fraction of sp³-hybridized carbons (Fsp3) is 0.500. The van der Waals surface area contributed by atoms with Gasteiger partial charge in [0.25, 0.3) is 5.91 Å². The number of allylic oxidation sites excluding steroid dienone is 2. The number of aromatic nitrogens is 1. The smallest absolute Gasteiger partial charge is 0.329 e. The Bertz CT molecular complexity index is 810. The maximum atomic E-state index is 12.9. The van der Waals surface area contributed by atoms with Gasteiger partial charge in [-0.2, -0.15) is 0 Å². The van der Waals surface area contributed by atoms with E-state index in [9.17, 15) is 19.2 Å². The minimum Gasteiger partial charge on any atom is -0.462 e. The molecule has 3 atom stereocenters. The topological polar surface area (TPSA) is 106 Å². The highest BCUT2D eigenvalue weighted by atomic mass is 16.5. The number of pyridine rings is 1. The molecule has 0 bridgehead atoms. The van der Waals surface area contributed by atoms with E-state index in [1.807, 2.05) is 26.0 Å². The van der Waals surface area contributed by atoms with Gasteiger partial charge in [-0.15, -0.1) is 0 Å². The molecule has 3 rings (SSSR count). The molecule has 0 aromatic carbocycles. The van der Waals surface area contributed by atoms with E-state index < -0.39 is 12.0 Å². The van der Waals surface area contributed by atoms with Crippen molar-refractivity contribution in [2.24, 2.45) is 17.8 Å². The molecule has 2 heterocycles. The zero-order valence-electron chi connectivity index (χ0n) is 17.2. The molecule has 0 saturated carbocycles. The monoisotopic (exact) mass is 413 g/mol. The van der Waals surface area contributed by atoms with Crippen LogP contribution in [-0.4, -0.2) is 52.8 Å². The second kappa shape index (κ2) is 9.65. The van der Waals surface area contributed by atoms with Gasteiger partial charge in [-0.05, 0) is 37.3 Å². The summed E-state index contributed by atoms with van der Waals surface area (Å²) < 4.78 is 5.33. The average Bonchev–Trinajstić information content (AvgIpc) is 3.00. The molecule has 3 amide bonds. The van der Waals surface area contributed by atoms with E-state index in [1.54, 1.807) is 12.1 Å². The van der Waals surface area contributed by atoms with Crippen molar-refractivity contribution in [3.8, 4) is 0 Å². The van der Waals surface area contributed by atoms with Crippen molar-refractivity contribution in [2.75, 3.05) is 13.2 Å². The van der Waals surface area contributed by atoms with Crippen LogP contribution in [0.25, 0.3) is 0 Å². The molecule has 0 spiro atoms. The Balaban J connectivity index is 1.58. The van der Waals surface area contributed by atoms with E-state index in [4.69, 9.17) is 4.74 Å². The molecule has 30 heavy (non-hydrogen) atoms. The summed E-state index contributed by atoms with van der Waals surface area (Å²) in [5.41, 5.74) is 0.457. The Labute approximate surface area is 175 Å². The highest BCUT2D eigenvalue weighted by Gasteiger charge is 2.51. The van der Waals surface area contributed by atoms with Crippen molar-refractivity contribution in [2.45, 2.75) is 39.2 Å². The number of imide groups is 1. The number of nitrogens with zero attached hydrogens (tertiary/aromatic N) is 2. The van der Waals surface area contributed by atoms with Crippen LogP contribution in [-0.2, 0) is 19.1 Å². The van der Waals surface area contributed by atoms with Crippen LogP contribution in [0.4, 0.5) is 0 Å². The van der Waals surface area contributed by atoms with Gasteiger partial charge < -0.3 is 10.1 Å². The number of hydrogen-bond donors (Lipinski definition) is 1. The molecule has 1 saturated heterocycles. The van der Waals surface area contributed by atoms with Crippen LogP contribution in [0, 0.1) is 17.8 Å². The first-order chi connectivity index (χ1) is 14.4. The van der Waals surface area contributed by atoms with Crippen molar-refractivity contribution >= 4 is 23.7 Å². The number of hydrogen-bond acceptors (Lipinski definition) is 6. The van der Waals surface area contributed by atoms with Crippen molar-refractivity contribution in [1.29, 1.82) is 0 Å². The zero-order valence-corrected chi connectivity index (χ0v) is 17.2. The Kier molecular flexibility index (Phi) is 6.97. The normalized spacial score (nSPS) is 21.5. The van der Waals surface area contributed by atoms with Crippen LogP contribution in [0.5, 0.6) is 0 Å². The van der Waals surface area contributed by atoms with Gasteiger partial charge in [-0.1, -0.05) is 26.0 Å². The number of esters is 1. The van der Waals surface area contributed by atoms with E-state index in [0.29, 0.717) is 24.8 Å². The molecule has 8 nitrogen and oxygen atoms in total. The Morgan fingerprint density at radius 1 is 1.13 bits per heavy atom. The SMILES string of the molecule is CC(C)C[C@H](C(=O)OCCNC(=O)c1ccncc1)N1C(=O)[C@H]2CC=CC[C@H]2C1=O. The molecule has 1 aliphatic heterocycles. The summed E-state index contributed by atoms with van der Waals surface area (Å²) in [5.74, 6) is -2.17. The minimum atomic E-state index is -0.938. The van der Waals surface area contributed by atoms with Crippen molar-refractivity contribution in [3.63, 3.8) is 0 Å². The molecule has 8 heteroatoms. The summed E-state index contributed by atoms with van der Waals surface area (Å²) in [6.07, 6.45) is 8.25. The summed E-state index contributed by atoms with van der Waals surface area (Å²) in [6.45, 7) is 3.93. The van der Waals surface area contributed by atoms with Crippen LogP contribution >= 0.6 is 0 Å². The van der Waals surface area contributed by atoms with E-state index >= 15 is 0 Å². The van der Waals surface area contributed by atoms with E-state index in [-0.39, 0.29) is 48.6 Å². The number of ether oxygens (including phenoxy) is 1. The number of nitrogens with one attached hydrogen (secondary N) is 1. The molecule has 1 aromatic heterocycles. The first kappa shape index (κ1) is 21.7. The van der Waals surface area contributed by atoms with Crippen LogP contribution < -0.4 is 5.32 Å². The van der Waals surface area contributed by atoms with E-state index in [0.717, 1.165) is 4.90 Å². The van der Waals surface area contributed by atoms with Gasteiger partial charge in [0.15, 0.2) is 0 Å². The Morgan fingerprint density at radius 2 is 1.73 bits per heavy atom. The average molecular weight is 413 g/mol. The van der Waals surface area contributed by atoms with E-state index in [2.05, 4.69) is 10.3 Å². The third-order valence-corrected chi connectivity index (χ3v) is 5.39. The fourth-order valence-electron chi connectivity index (χ4n) is 3.90. The largest absolute Gasteiger partial charge is 0.462 e. The predicted octanol–water partition coefficient (Wildman–Crippen LogP) is 1.72. The van der Waals surface area contributed by atoms with Gasteiger partial charge >= 0.3 is 5.97 Å². The van der Waals surface area contributed by atoms with Gasteiger partial charge in [0, 0.05) is 18.0 Å².